The normalized spacial score (nSPS) is 20.9. The molecule has 130 valence electrons. The predicted octanol–water partition coefficient (Wildman–Crippen LogP) is -0.796. The summed E-state index contributed by atoms with van der Waals surface area (Å²) in [5.74, 6) is 0.0651. The van der Waals surface area contributed by atoms with Gasteiger partial charge in [0.25, 0.3) is 0 Å². The van der Waals surface area contributed by atoms with Crippen LogP contribution >= 0.6 is 0 Å². The molecule has 0 unspecified atom stereocenters. The summed E-state index contributed by atoms with van der Waals surface area (Å²) in [6, 6.07) is -0.391. The van der Waals surface area contributed by atoms with Gasteiger partial charge in [-0.1, -0.05) is 6.58 Å². The number of nitrogens with one attached hydrogen (secondary N) is 1. The summed E-state index contributed by atoms with van der Waals surface area (Å²) in [5.41, 5.74) is 6.45. The zero-order valence-electron chi connectivity index (χ0n) is 14.1. The van der Waals surface area contributed by atoms with E-state index in [1.165, 1.54) is 0 Å². The summed E-state index contributed by atoms with van der Waals surface area (Å²) in [6.45, 7) is 8.37. The average Bonchev–Trinajstić information content (AvgIpc) is 2.56. The van der Waals surface area contributed by atoms with E-state index < -0.39 is 6.04 Å². The Bertz CT molecular complexity index is 448. The third-order valence-electron chi connectivity index (χ3n) is 4.61. The molecule has 2 rings (SSSR count). The lowest BCUT2D eigenvalue weighted by Gasteiger charge is -2.41. The first-order chi connectivity index (χ1) is 11.0. The fourth-order valence-corrected chi connectivity index (χ4v) is 3.09. The highest BCUT2D eigenvalue weighted by Gasteiger charge is 2.36. The Morgan fingerprint density at radius 2 is 2.00 bits per heavy atom. The van der Waals surface area contributed by atoms with Gasteiger partial charge in [0, 0.05) is 38.9 Å². The summed E-state index contributed by atoms with van der Waals surface area (Å²) in [6.07, 6.45) is 2.39. The average molecular weight is 323 g/mol. The molecule has 0 radical (unpaired) electrons. The number of amides is 2. The van der Waals surface area contributed by atoms with Gasteiger partial charge in [-0.3, -0.25) is 9.59 Å². The fraction of sp³-hybridized carbons (Fsp3) is 0.750. The monoisotopic (exact) mass is 323 g/mol. The van der Waals surface area contributed by atoms with Gasteiger partial charge in [-0.25, -0.2) is 0 Å². The van der Waals surface area contributed by atoms with Crippen LogP contribution in [0.25, 0.3) is 0 Å². The van der Waals surface area contributed by atoms with Crippen molar-refractivity contribution in [3.63, 3.8) is 0 Å². The maximum Gasteiger partial charge on any atom is 0.245 e. The van der Waals surface area contributed by atoms with Crippen LogP contribution in [0.4, 0.5) is 0 Å². The summed E-state index contributed by atoms with van der Waals surface area (Å²) >= 11 is 0. The molecule has 23 heavy (non-hydrogen) atoms. The minimum absolute atomic E-state index is 0.00105. The van der Waals surface area contributed by atoms with Gasteiger partial charge in [0.2, 0.25) is 11.8 Å². The van der Waals surface area contributed by atoms with E-state index in [4.69, 9.17) is 5.73 Å². The number of nitrogens with zero attached hydrogens (tertiary/aromatic N) is 3. The van der Waals surface area contributed by atoms with Crippen LogP contribution in [0.3, 0.4) is 0 Å². The Hall–Kier alpha value is -1.60. The first-order valence-electron chi connectivity index (χ1n) is 8.42. The maximum atomic E-state index is 13.0. The molecule has 2 heterocycles. The number of hydrogen-bond acceptors (Lipinski definition) is 5. The first kappa shape index (κ1) is 17.7. The first-order valence-corrected chi connectivity index (χ1v) is 8.42. The van der Waals surface area contributed by atoms with Crippen LogP contribution < -0.4 is 11.1 Å². The molecule has 0 aromatic carbocycles. The standard InChI is InChI=1S/C16H29N5O2/c1-13-11-21(15(22)12-19(13)2)14(5-3-4-6-17)16(23)20-9-7-18-8-10-20/h14,18H,1,3-12,17H2,2H3/t14-/m0/s1. The number of piperazine rings is 2. The van der Waals surface area contributed by atoms with Crippen LogP contribution in [-0.4, -0.2) is 85.4 Å². The Morgan fingerprint density at radius 1 is 1.30 bits per heavy atom. The van der Waals surface area contributed by atoms with Crippen LogP contribution in [-0.2, 0) is 9.59 Å². The molecular weight excluding hydrogens is 294 g/mol. The molecule has 0 bridgehead atoms. The number of likely N-dealkylation sites (N-methyl/N-ethyl adjacent to an activating group) is 1. The molecule has 7 nitrogen and oxygen atoms in total. The highest BCUT2D eigenvalue weighted by Crippen LogP contribution is 2.19. The molecule has 2 fully saturated rings. The van der Waals surface area contributed by atoms with Crippen LogP contribution in [0.2, 0.25) is 0 Å². The van der Waals surface area contributed by atoms with Crippen molar-refractivity contribution in [1.29, 1.82) is 0 Å². The number of carbonyl (C=O) groups excluding carboxylic acids is 2. The summed E-state index contributed by atoms with van der Waals surface area (Å²) in [4.78, 5) is 30.8. The molecule has 0 saturated carbocycles. The number of carbonyl (C=O) groups is 2. The van der Waals surface area contributed by atoms with Gasteiger partial charge in [-0.2, -0.15) is 0 Å². The van der Waals surface area contributed by atoms with Gasteiger partial charge in [0.05, 0.1) is 13.1 Å². The van der Waals surface area contributed by atoms with E-state index in [0.29, 0.717) is 39.1 Å². The Kier molecular flexibility index (Phi) is 6.41. The van der Waals surface area contributed by atoms with Gasteiger partial charge in [0.1, 0.15) is 6.04 Å². The molecule has 1 atom stereocenters. The van der Waals surface area contributed by atoms with Gasteiger partial charge in [0.15, 0.2) is 0 Å². The third kappa shape index (κ3) is 4.45. The Labute approximate surface area is 138 Å². The van der Waals surface area contributed by atoms with Crippen molar-refractivity contribution in [3.8, 4) is 0 Å². The molecule has 0 spiro atoms. The van der Waals surface area contributed by atoms with E-state index in [9.17, 15) is 9.59 Å². The molecule has 2 aliphatic rings. The second-order valence-corrected chi connectivity index (χ2v) is 6.32. The minimum atomic E-state index is -0.391. The molecule has 3 N–H and O–H groups in total. The van der Waals surface area contributed by atoms with Crippen LogP contribution in [0.5, 0.6) is 0 Å². The predicted molar refractivity (Wildman–Crippen MR) is 89.6 cm³/mol. The van der Waals surface area contributed by atoms with Crippen molar-refractivity contribution in [1.82, 2.24) is 20.0 Å². The lowest BCUT2D eigenvalue weighted by atomic mass is 10.0. The zero-order valence-corrected chi connectivity index (χ0v) is 14.1. The lowest BCUT2D eigenvalue weighted by Crippen LogP contribution is -2.58. The summed E-state index contributed by atoms with van der Waals surface area (Å²) in [5, 5.41) is 3.25. The van der Waals surface area contributed by atoms with Crippen LogP contribution in [0.1, 0.15) is 19.3 Å². The van der Waals surface area contributed by atoms with Crippen LogP contribution in [0, 0.1) is 0 Å². The highest BCUT2D eigenvalue weighted by atomic mass is 16.2. The van der Waals surface area contributed by atoms with E-state index in [0.717, 1.165) is 31.6 Å². The van der Waals surface area contributed by atoms with Gasteiger partial charge in [-0.05, 0) is 25.8 Å². The number of hydrogen-bond donors (Lipinski definition) is 2. The molecule has 0 aromatic rings. The van der Waals surface area contributed by atoms with E-state index in [2.05, 4.69) is 11.9 Å². The second-order valence-electron chi connectivity index (χ2n) is 6.32. The van der Waals surface area contributed by atoms with Crippen molar-refractivity contribution in [2.75, 3.05) is 52.9 Å². The SMILES string of the molecule is C=C1CN([C@@H](CCCCN)C(=O)N2CCNCC2)C(=O)CN1C. The van der Waals surface area contributed by atoms with E-state index >= 15 is 0 Å². The molecular formula is C16H29N5O2. The second kappa shape index (κ2) is 8.31. The number of rotatable bonds is 6. The quantitative estimate of drug-likeness (QED) is 0.626. The molecule has 2 amide bonds. The van der Waals surface area contributed by atoms with Gasteiger partial charge >= 0.3 is 0 Å². The summed E-state index contributed by atoms with van der Waals surface area (Å²) < 4.78 is 0. The molecule has 0 aromatic heterocycles. The molecule has 2 aliphatic heterocycles. The van der Waals surface area contributed by atoms with Crippen molar-refractivity contribution < 1.29 is 9.59 Å². The smallest absolute Gasteiger partial charge is 0.245 e. The van der Waals surface area contributed by atoms with Crippen molar-refractivity contribution >= 4 is 11.8 Å². The summed E-state index contributed by atoms with van der Waals surface area (Å²) in [7, 11) is 1.86. The molecule has 0 aliphatic carbocycles. The molecule has 2 saturated heterocycles. The topological polar surface area (TPSA) is 81.9 Å². The largest absolute Gasteiger partial charge is 0.368 e. The molecule has 7 heteroatoms. The van der Waals surface area contributed by atoms with Crippen molar-refractivity contribution in [2.24, 2.45) is 5.73 Å². The van der Waals surface area contributed by atoms with E-state index in [1.807, 2.05) is 16.8 Å². The number of nitrogens with two attached hydrogens (primary N) is 1. The fourth-order valence-electron chi connectivity index (χ4n) is 3.09. The van der Waals surface area contributed by atoms with E-state index in [-0.39, 0.29) is 11.8 Å². The minimum Gasteiger partial charge on any atom is -0.368 e. The Morgan fingerprint density at radius 3 is 2.65 bits per heavy atom. The van der Waals surface area contributed by atoms with Crippen molar-refractivity contribution in [2.45, 2.75) is 25.3 Å². The number of unbranched alkanes of at least 4 members (excludes halogenated alkanes) is 1. The third-order valence-corrected chi connectivity index (χ3v) is 4.61. The van der Waals surface area contributed by atoms with Gasteiger partial charge in [-0.15, -0.1) is 0 Å². The zero-order chi connectivity index (χ0) is 16.8. The maximum absolute atomic E-state index is 13.0. The Balaban J connectivity index is 2.10. The lowest BCUT2D eigenvalue weighted by molar-refractivity contribution is -0.148. The van der Waals surface area contributed by atoms with Gasteiger partial charge < -0.3 is 25.8 Å². The van der Waals surface area contributed by atoms with Crippen molar-refractivity contribution in [3.05, 3.63) is 12.3 Å². The van der Waals surface area contributed by atoms with E-state index in [1.54, 1.807) is 4.90 Å². The van der Waals surface area contributed by atoms with Crippen LogP contribution in [0.15, 0.2) is 12.3 Å². The highest BCUT2D eigenvalue weighted by molar-refractivity contribution is 5.89.